The van der Waals surface area contributed by atoms with E-state index in [9.17, 15) is 4.79 Å². The van der Waals surface area contributed by atoms with Crippen LogP contribution in [-0.2, 0) is 11.3 Å². The smallest absolute Gasteiger partial charge is 0.135 e. The number of Topliss-reactive ketones (excluding diaryl/α,β-unsaturated/α-hetero) is 1. The van der Waals surface area contributed by atoms with Crippen LogP contribution in [-0.4, -0.2) is 23.3 Å². The Morgan fingerprint density at radius 1 is 0.958 bits per heavy atom. The molecule has 134 valence electrons. The zero-order valence-electron chi connectivity index (χ0n) is 15.5. The number of nitrogens with zero attached hydrogens (tertiary/aromatic N) is 1. The van der Waals surface area contributed by atoms with Crippen LogP contribution < -0.4 is 0 Å². The summed E-state index contributed by atoms with van der Waals surface area (Å²) in [7, 11) is 0. The predicted molar refractivity (Wildman–Crippen MR) is 102 cm³/mol. The molecule has 1 saturated heterocycles. The van der Waals surface area contributed by atoms with Crippen molar-refractivity contribution in [2.75, 3.05) is 6.54 Å². The van der Waals surface area contributed by atoms with E-state index in [4.69, 9.17) is 0 Å². The summed E-state index contributed by atoms with van der Waals surface area (Å²) in [6.07, 6.45) is 13.6. The molecule has 0 amide bonds. The van der Waals surface area contributed by atoms with Gasteiger partial charge in [-0.15, -0.1) is 0 Å². The van der Waals surface area contributed by atoms with E-state index in [-0.39, 0.29) is 0 Å². The summed E-state index contributed by atoms with van der Waals surface area (Å²) >= 11 is 0. The van der Waals surface area contributed by atoms with Gasteiger partial charge in [0.2, 0.25) is 0 Å². The molecule has 1 aliphatic heterocycles. The van der Waals surface area contributed by atoms with Gasteiger partial charge in [0.05, 0.1) is 0 Å². The van der Waals surface area contributed by atoms with Gasteiger partial charge in [0.15, 0.2) is 0 Å². The fourth-order valence-electron chi connectivity index (χ4n) is 3.77. The molecule has 1 aromatic rings. The standard InChI is InChI=1S/C22H35NO/c1-2-3-4-5-6-7-8-12-15-21-18-22(24)16-17-23(21)19-20-13-10-9-11-14-20/h9-11,13-14,21H,2-8,12,15-19H2,1H3. The highest BCUT2D eigenvalue weighted by atomic mass is 16.1. The average Bonchev–Trinajstić information content (AvgIpc) is 2.60. The van der Waals surface area contributed by atoms with Crippen molar-refractivity contribution >= 4 is 5.78 Å². The number of benzene rings is 1. The zero-order valence-corrected chi connectivity index (χ0v) is 15.5. The van der Waals surface area contributed by atoms with E-state index in [1.165, 1.54) is 63.4 Å². The summed E-state index contributed by atoms with van der Waals surface area (Å²) in [4.78, 5) is 14.4. The maximum Gasteiger partial charge on any atom is 0.135 e. The summed E-state index contributed by atoms with van der Waals surface area (Å²) in [5.41, 5.74) is 1.37. The number of piperidine rings is 1. The molecule has 0 aliphatic carbocycles. The van der Waals surface area contributed by atoms with Crippen molar-refractivity contribution in [3.63, 3.8) is 0 Å². The van der Waals surface area contributed by atoms with Gasteiger partial charge in [-0.05, 0) is 12.0 Å². The lowest BCUT2D eigenvalue weighted by Gasteiger charge is -2.35. The third-order valence-corrected chi connectivity index (χ3v) is 5.28. The molecule has 2 rings (SSSR count). The number of carbonyl (C=O) groups excluding carboxylic acids is 1. The molecule has 24 heavy (non-hydrogen) atoms. The summed E-state index contributed by atoms with van der Waals surface area (Å²) in [6.45, 7) is 4.21. The Labute approximate surface area is 148 Å². The maximum absolute atomic E-state index is 11.9. The van der Waals surface area contributed by atoms with Crippen LogP contribution in [0.25, 0.3) is 0 Å². The van der Waals surface area contributed by atoms with Crippen LogP contribution in [0, 0.1) is 0 Å². The first-order valence-corrected chi connectivity index (χ1v) is 10.1. The normalized spacial score (nSPS) is 18.9. The first-order chi connectivity index (χ1) is 11.8. The van der Waals surface area contributed by atoms with E-state index in [0.717, 1.165) is 25.9 Å². The second-order valence-corrected chi connectivity index (χ2v) is 7.37. The molecular formula is C22H35NO. The van der Waals surface area contributed by atoms with Gasteiger partial charge in [-0.2, -0.15) is 0 Å². The first kappa shape index (κ1) is 19.2. The third kappa shape index (κ3) is 7.17. The SMILES string of the molecule is CCCCCCCCCCC1CC(=O)CCN1Cc1ccccc1. The molecule has 0 spiro atoms. The summed E-state index contributed by atoms with van der Waals surface area (Å²) in [5.74, 6) is 0.462. The highest BCUT2D eigenvalue weighted by Crippen LogP contribution is 2.22. The second kappa shape index (κ2) is 11.4. The van der Waals surface area contributed by atoms with Gasteiger partial charge < -0.3 is 0 Å². The van der Waals surface area contributed by atoms with Crippen molar-refractivity contribution in [2.45, 2.75) is 90.1 Å². The van der Waals surface area contributed by atoms with E-state index in [0.29, 0.717) is 11.8 Å². The zero-order chi connectivity index (χ0) is 17.0. The van der Waals surface area contributed by atoms with E-state index in [1.807, 2.05) is 0 Å². The minimum Gasteiger partial charge on any atom is -0.300 e. The molecule has 2 heteroatoms. The van der Waals surface area contributed by atoms with E-state index in [1.54, 1.807) is 0 Å². The van der Waals surface area contributed by atoms with E-state index >= 15 is 0 Å². The highest BCUT2D eigenvalue weighted by molar-refractivity contribution is 5.79. The second-order valence-electron chi connectivity index (χ2n) is 7.37. The quantitative estimate of drug-likeness (QED) is 0.482. The Morgan fingerprint density at radius 2 is 1.62 bits per heavy atom. The van der Waals surface area contributed by atoms with Gasteiger partial charge in [0, 0.05) is 32.0 Å². The lowest BCUT2D eigenvalue weighted by Crippen LogP contribution is -2.42. The van der Waals surface area contributed by atoms with E-state index in [2.05, 4.69) is 42.2 Å². The number of rotatable bonds is 11. The number of hydrogen-bond donors (Lipinski definition) is 0. The Hall–Kier alpha value is -1.15. The Morgan fingerprint density at radius 3 is 2.33 bits per heavy atom. The van der Waals surface area contributed by atoms with Crippen LogP contribution >= 0.6 is 0 Å². The molecule has 0 radical (unpaired) electrons. The molecule has 0 aromatic heterocycles. The largest absolute Gasteiger partial charge is 0.300 e. The third-order valence-electron chi connectivity index (χ3n) is 5.28. The average molecular weight is 330 g/mol. The van der Waals surface area contributed by atoms with Gasteiger partial charge in [0.1, 0.15) is 5.78 Å². The molecule has 1 atom stereocenters. The number of hydrogen-bond acceptors (Lipinski definition) is 2. The fourth-order valence-corrected chi connectivity index (χ4v) is 3.77. The van der Waals surface area contributed by atoms with Crippen molar-refractivity contribution in [1.82, 2.24) is 4.90 Å². The minimum absolute atomic E-state index is 0.462. The first-order valence-electron chi connectivity index (χ1n) is 10.1. The predicted octanol–water partition coefficient (Wildman–Crippen LogP) is 5.75. The molecule has 1 aliphatic rings. The molecule has 1 unspecified atom stereocenters. The van der Waals surface area contributed by atoms with Crippen molar-refractivity contribution < 1.29 is 4.79 Å². The van der Waals surface area contributed by atoms with E-state index < -0.39 is 0 Å². The van der Waals surface area contributed by atoms with Crippen LogP contribution in [0.2, 0.25) is 0 Å². The maximum atomic E-state index is 11.9. The Bertz CT molecular complexity index is 456. The van der Waals surface area contributed by atoms with Crippen LogP contribution in [0.4, 0.5) is 0 Å². The lowest BCUT2D eigenvalue weighted by molar-refractivity contribution is -0.123. The van der Waals surface area contributed by atoms with Gasteiger partial charge in [0.25, 0.3) is 0 Å². The van der Waals surface area contributed by atoms with Crippen molar-refractivity contribution in [3.8, 4) is 0 Å². The monoisotopic (exact) mass is 329 g/mol. The molecule has 1 heterocycles. The molecule has 0 bridgehead atoms. The molecular weight excluding hydrogens is 294 g/mol. The Kier molecular flexibility index (Phi) is 9.12. The minimum atomic E-state index is 0.462. The molecule has 0 N–H and O–H groups in total. The Balaban J connectivity index is 1.68. The van der Waals surface area contributed by atoms with Gasteiger partial charge in [-0.3, -0.25) is 9.69 Å². The highest BCUT2D eigenvalue weighted by Gasteiger charge is 2.26. The summed E-state index contributed by atoms with van der Waals surface area (Å²) < 4.78 is 0. The van der Waals surface area contributed by atoms with Crippen LogP contribution in [0.5, 0.6) is 0 Å². The van der Waals surface area contributed by atoms with Crippen molar-refractivity contribution in [3.05, 3.63) is 35.9 Å². The molecule has 1 fully saturated rings. The van der Waals surface area contributed by atoms with Crippen LogP contribution in [0.1, 0.15) is 83.1 Å². The van der Waals surface area contributed by atoms with Gasteiger partial charge in [-0.25, -0.2) is 0 Å². The van der Waals surface area contributed by atoms with Crippen molar-refractivity contribution in [2.24, 2.45) is 0 Å². The molecule has 1 aromatic carbocycles. The fraction of sp³-hybridized carbons (Fsp3) is 0.682. The topological polar surface area (TPSA) is 20.3 Å². The summed E-state index contributed by atoms with van der Waals surface area (Å²) in [6, 6.07) is 11.1. The van der Waals surface area contributed by atoms with Crippen molar-refractivity contribution in [1.29, 1.82) is 0 Å². The number of ketones is 1. The van der Waals surface area contributed by atoms with Gasteiger partial charge >= 0.3 is 0 Å². The molecule has 0 saturated carbocycles. The van der Waals surface area contributed by atoms with Gasteiger partial charge in [-0.1, -0.05) is 88.6 Å². The number of unbranched alkanes of at least 4 members (excludes halogenated alkanes) is 7. The van der Waals surface area contributed by atoms with Crippen LogP contribution in [0.15, 0.2) is 30.3 Å². The lowest BCUT2D eigenvalue weighted by atomic mass is 9.95. The van der Waals surface area contributed by atoms with Crippen LogP contribution in [0.3, 0.4) is 0 Å². The molecule has 2 nitrogen and oxygen atoms in total. The number of carbonyl (C=O) groups is 1. The summed E-state index contributed by atoms with van der Waals surface area (Å²) in [5, 5.41) is 0. The number of likely N-dealkylation sites (tertiary alicyclic amines) is 1.